The van der Waals surface area contributed by atoms with E-state index in [1.165, 1.54) is 31.2 Å². The first-order valence-electron chi connectivity index (χ1n) is 7.45. The van der Waals surface area contributed by atoms with Gasteiger partial charge in [0, 0.05) is 9.30 Å². The summed E-state index contributed by atoms with van der Waals surface area (Å²) in [6, 6.07) is 4.22. The van der Waals surface area contributed by atoms with Crippen LogP contribution in [0.3, 0.4) is 0 Å². The fourth-order valence-corrected chi connectivity index (χ4v) is 6.08. The van der Waals surface area contributed by atoms with Crippen molar-refractivity contribution in [3.8, 4) is 11.5 Å². The molecule has 108 valence electrons. The molecule has 4 unspecified atom stereocenters. The number of benzene rings is 1. The highest BCUT2D eigenvalue weighted by molar-refractivity contribution is 9.11. The van der Waals surface area contributed by atoms with Crippen molar-refractivity contribution in [2.24, 2.45) is 17.8 Å². The molecule has 0 saturated heterocycles. The maximum Gasteiger partial charge on any atom is 0.162 e. The van der Waals surface area contributed by atoms with Crippen LogP contribution >= 0.6 is 31.9 Å². The minimum atomic E-state index is 0.419. The second kappa shape index (κ2) is 5.20. The van der Waals surface area contributed by atoms with Crippen molar-refractivity contribution in [2.45, 2.75) is 30.5 Å². The predicted molar refractivity (Wildman–Crippen MR) is 85.7 cm³/mol. The smallest absolute Gasteiger partial charge is 0.162 e. The lowest BCUT2D eigenvalue weighted by molar-refractivity contribution is 0.171. The van der Waals surface area contributed by atoms with Crippen molar-refractivity contribution >= 4 is 31.9 Å². The summed E-state index contributed by atoms with van der Waals surface area (Å²) in [6.45, 7) is 1.29. The van der Waals surface area contributed by atoms with Crippen molar-refractivity contribution in [1.29, 1.82) is 0 Å². The van der Waals surface area contributed by atoms with Gasteiger partial charge in [0.1, 0.15) is 13.2 Å². The van der Waals surface area contributed by atoms with Crippen molar-refractivity contribution < 1.29 is 9.47 Å². The van der Waals surface area contributed by atoms with Crippen molar-refractivity contribution in [3.63, 3.8) is 0 Å². The van der Waals surface area contributed by atoms with Crippen LogP contribution in [0.1, 0.15) is 36.1 Å². The van der Waals surface area contributed by atoms with Crippen molar-refractivity contribution in [2.75, 3.05) is 13.2 Å². The molecule has 0 aromatic heterocycles. The second-order valence-electron chi connectivity index (χ2n) is 6.26. The molecule has 2 bridgehead atoms. The fraction of sp³-hybridized carbons (Fsp3) is 0.625. The molecule has 1 heterocycles. The average molecular weight is 402 g/mol. The van der Waals surface area contributed by atoms with Gasteiger partial charge < -0.3 is 9.47 Å². The van der Waals surface area contributed by atoms with E-state index in [9.17, 15) is 0 Å². The molecule has 4 atom stereocenters. The molecule has 2 aliphatic carbocycles. The van der Waals surface area contributed by atoms with Crippen LogP contribution < -0.4 is 9.47 Å². The average Bonchev–Trinajstić information content (AvgIpc) is 3.08. The Morgan fingerprint density at radius 1 is 1.05 bits per heavy atom. The Morgan fingerprint density at radius 2 is 1.80 bits per heavy atom. The Morgan fingerprint density at radius 3 is 2.45 bits per heavy atom. The van der Waals surface area contributed by atoms with E-state index >= 15 is 0 Å². The van der Waals surface area contributed by atoms with Gasteiger partial charge in [-0.2, -0.15) is 0 Å². The Bertz CT molecular complexity index is 531. The first kappa shape index (κ1) is 13.4. The molecular formula is C16H18Br2O2. The Balaban J connectivity index is 1.64. The third kappa shape index (κ3) is 2.19. The predicted octanol–water partition coefficient (Wildman–Crippen LogP) is 5.09. The van der Waals surface area contributed by atoms with E-state index in [2.05, 4.69) is 44.0 Å². The van der Waals surface area contributed by atoms with Crippen LogP contribution in [0, 0.1) is 17.8 Å². The molecule has 1 aliphatic heterocycles. The number of fused-ring (bicyclic) bond motifs is 3. The third-order valence-corrected chi connectivity index (χ3v) is 6.99. The highest BCUT2D eigenvalue weighted by Gasteiger charge is 2.43. The maximum atomic E-state index is 5.73. The van der Waals surface area contributed by atoms with Crippen LogP contribution in [0.4, 0.5) is 0 Å². The zero-order valence-electron chi connectivity index (χ0n) is 11.3. The van der Waals surface area contributed by atoms with Crippen LogP contribution in [0.25, 0.3) is 0 Å². The molecule has 0 N–H and O–H groups in total. The van der Waals surface area contributed by atoms with Gasteiger partial charge in [0.2, 0.25) is 0 Å². The fourth-order valence-electron chi connectivity index (χ4n) is 4.17. The Labute approximate surface area is 136 Å². The minimum Gasteiger partial charge on any atom is -0.486 e. The van der Waals surface area contributed by atoms with E-state index in [1.54, 1.807) is 0 Å². The van der Waals surface area contributed by atoms with E-state index in [0.29, 0.717) is 18.0 Å². The van der Waals surface area contributed by atoms with E-state index in [4.69, 9.17) is 9.47 Å². The Kier molecular flexibility index (Phi) is 3.50. The molecule has 0 amide bonds. The minimum absolute atomic E-state index is 0.419. The van der Waals surface area contributed by atoms with Crippen molar-refractivity contribution in [1.82, 2.24) is 0 Å². The molecule has 1 aromatic rings. The molecular weight excluding hydrogens is 384 g/mol. The van der Waals surface area contributed by atoms with Gasteiger partial charge in [-0.05, 0) is 54.7 Å². The number of rotatable bonds is 2. The largest absolute Gasteiger partial charge is 0.486 e. The van der Waals surface area contributed by atoms with Crippen molar-refractivity contribution in [3.05, 3.63) is 22.2 Å². The first-order valence-corrected chi connectivity index (χ1v) is 9.16. The van der Waals surface area contributed by atoms with Crippen LogP contribution in [0.2, 0.25) is 0 Å². The lowest BCUT2D eigenvalue weighted by Crippen LogP contribution is -2.18. The molecule has 20 heavy (non-hydrogen) atoms. The SMILES string of the molecule is Brc1cc2c(cc1C(Br)C1CC3CCC1C3)OCCO2. The van der Waals surface area contributed by atoms with Gasteiger partial charge in [0.25, 0.3) is 0 Å². The van der Waals surface area contributed by atoms with E-state index in [0.717, 1.165) is 33.7 Å². The summed E-state index contributed by atoms with van der Waals surface area (Å²) >= 11 is 7.68. The third-order valence-electron chi connectivity index (χ3n) is 5.13. The molecule has 4 heteroatoms. The monoisotopic (exact) mass is 400 g/mol. The molecule has 3 aliphatic rings. The summed E-state index contributed by atoms with van der Waals surface area (Å²) in [4.78, 5) is 0.419. The number of halogens is 2. The van der Waals surface area contributed by atoms with Gasteiger partial charge in [-0.25, -0.2) is 0 Å². The van der Waals surface area contributed by atoms with E-state index in [-0.39, 0.29) is 0 Å². The quantitative estimate of drug-likeness (QED) is 0.642. The zero-order chi connectivity index (χ0) is 13.7. The summed E-state index contributed by atoms with van der Waals surface area (Å²) < 4.78 is 12.5. The summed E-state index contributed by atoms with van der Waals surface area (Å²) in [6.07, 6.45) is 5.68. The summed E-state index contributed by atoms with van der Waals surface area (Å²) in [7, 11) is 0. The topological polar surface area (TPSA) is 18.5 Å². The number of ether oxygens (including phenoxy) is 2. The van der Waals surface area contributed by atoms with E-state index < -0.39 is 0 Å². The summed E-state index contributed by atoms with van der Waals surface area (Å²) in [5.74, 6) is 4.40. The van der Waals surface area contributed by atoms with Gasteiger partial charge in [0.05, 0.1) is 0 Å². The normalized spacial score (nSPS) is 32.4. The maximum absolute atomic E-state index is 5.73. The van der Waals surface area contributed by atoms with Gasteiger partial charge in [-0.1, -0.05) is 38.3 Å². The van der Waals surface area contributed by atoms with Gasteiger partial charge in [-0.3, -0.25) is 0 Å². The number of hydrogen-bond donors (Lipinski definition) is 0. The highest BCUT2D eigenvalue weighted by Crippen LogP contribution is 2.56. The lowest BCUT2D eigenvalue weighted by Gasteiger charge is -2.28. The molecule has 2 saturated carbocycles. The molecule has 2 fully saturated rings. The van der Waals surface area contributed by atoms with Gasteiger partial charge in [0.15, 0.2) is 11.5 Å². The molecule has 1 aromatic carbocycles. The molecule has 2 nitrogen and oxygen atoms in total. The molecule has 0 radical (unpaired) electrons. The van der Waals surface area contributed by atoms with Gasteiger partial charge >= 0.3 is 0 Å². The van der Waals surface area contributed by atoms with Gasteiger partial charge in [-0.15, -0.1) is 0 Å². The zero-order valence-corrected chi connectivity index (χ0v) is 14.5. The first-order chi connectivity index (χ1) is 9.72. The Hall–Kier alpha value is -0.220. The van der Waals surface area contributed by atoms with E-state index in [1.807, 2.05) is 0 Å². The van der Waals surface area contributed by atoms with Crippen LogP contribution in [0.5, 0.6) is 11.5 Å². The standard InChI is InChI=1S/C16H18Br2O2/c17-13-8-15-14(19-3-4-20-15)7-12(13)16(18)11-6-9-1-2-10(11)5-9/h7-11,16H,1-6H2. The molecule has 0 spiro atoms. The molecule has 4 rings (SSSR count). The number of alkyl halides is 1. The highest BCUT2D eigenvalue weighted by atomic mass is 79.9. The lowest BCUT2D eigenvalue weighted by atomic mass is 9.84. The number of hydrogen-bond acceptors (Lipinski definition) is 2. The second-order valence-corrected chi connectivity index (χ2v) is 8.10. The summed E-state index contributed by atoms with van der Waals surface area (Å²) in [5, 5.41) is 0. The van der Waals surface area contributed by atoms with Crippen LogP contribution in [-0.2, 0) is 0 Å². The summed E-state index contributed by atoms with van der Waals surface area (Å²) in [5.41, 5.74) is 1.31. The van der Waals surface area contributed by atoms with Crippen LogP contribution in [0.15, 0.2) is 16.6 Å². The van der Waals surface area contributed by atoms with Crippen LogP contribution in [-0.4, -0.2) is 13.2 Å².